The van der Waals surface area contributed by atoms with Crippen molar-refractivity contribution in [3.8, 4) is 17.2 Å². The molecule has 0 heterocycles. The van der Waals surface area contributed by atoms with Crippen molar-refractivity contribution in [1.82, 2.24) is 0 Å². The Morgan fingerprint density at radius 3 is 1.37 bits per heavy atom. The van der Waals surface area contributed by atoms with Gasteiger partial charge < -0.3 is 18.9 Å². The third-order valence-electron chi connectivity index (χ3n) is 5.40. The molecule has 0 saturated heterocycles. The molecule has 0 N–H and O–H groups in total. The molecular formula is C30H28O8. The summed E-state index contributed by atoms with van der Waals surface area (Å²) in [5.41, 5.74) is -3.05. The molecule has 0 bridgehead atoms. The van der Waals surface area contributed by atoms with Gasteiger partial charge in [-0.3, -0.25) is 0 Å². The van der Waals surface area contributed by atoms with Gasteiger partial charge in [0.25, 0.3) is 5.41 Å². The number of hydrogen-bond acceptors (Lipinski definition) is 8. The molecule has 0 aliphatic rings. The van der Waals surface area contributed by atoms with Crippen LogP contribution in [0.3, 0.4) is 0 Å². The summed E-state index contributed by atoms with van der Waals surface area (Å²) in [6.07, 6.45) is 0.590. The Hall–Kier alpha value is -4.72. The van der Waals surface area contributed by atoms with Crippen LogP contribution in [0.15, 0.2) is 103 Å². The highest BCUT2D eigenvalue weighted by molar-refractivity contribution is 6.20. The van der Waals surface area contributed by atoms with Crippen LogP contribution in [0, 0.1) is 5.41 Å². The average Bonchev–Trinajstić information content (AvgIpc) is 2.93. The number of hydrogen-bond donors (Lipinski definition) is 0. The zero-order chi connectivity index (χ0) is 27.4. The Bertz CT molecular complexity index is 1120. The van der Waals surface area contributed by atoms with E-state index in [2.05, 4.69) is 6.58 Å². The molecule has 196 valence electrons. The van der Waals surface area contributed by atoms with Crippen LogP contribution in [-0.4, -0.2) is 30.5 Å². The van der Waals surface area contributed by atoms with Crippen LogP contribution in [0.5, 0.6) is 17.2 Å². The van der Waals surface area contributed by atoms with Gasteiger partial charge >= 0.3 is 23.9 Å². The van der Waals surface area contributed by atoms with Crippen molar-refractivity contribution >= 4 is 23.9 Å². The Morgan fingerprint density at radius 1 is 0.658 bits per heavy atom. The molecule has 0 spiro atoms. The summed E-state index contributed by atoms with van der Waals surface area (Å²) >= 11 is 0. The number of benzene rings is 3. The van der Waals surface area contributed by atoms with Gasteiger partial charge in [0.2, 0.25) is 0 Å². The Balaban J connectivity index is 2.05. The number of esters is 4. The molecule has 0 radical (unpaired) electrons. The second-order valence-electron chi connectivity index (χ2n) is 8.28. The van der Waals surface area contributed by atoms with Gasteiger partial charge in [0.05, 0.1) is 6.61 Å². The summed E-state index contributed by atoms with van der Waals surface area (Å²) < 4.78 is 21.5. The number of unbranched alkanes of at least 4 members (excludes halogenated alkanes) is 1. The molecule has 0 saturated carbocycles. The van der Waals surface area contributed by atoms with Gasteiger partial charge in [-0.1, -0.05) is 74.5 Å². The van der Waals surface area contributed by atoms with Crippen LogP contribution in [0.4, 0.5) is 0 Å². The standard InChI is InChI=1S/C30H28O8/c1-3-4-20-35-26(31)22(2)21-30(27(32)36-23-14-8-5-9-15-23,28(33)37-24-16-10-6-11-17-24)29(34)38-25-18-12-7-13-19-25/h5-19H,2-4,20-21H2,1H3. The first kappa shape index (κ1) is 27.9. The smallest absolute Gasteiger partial charge is 0.340 e. The highest BCUT2D eigenvalue weighted by Crippen LogP contribution is 2.34. The summed E-state index contributed by atoms with van der Waals surface area (Å²) in [4.78, 5) is 53.8. The van der Waals surface area contributed by atoms with Gasteiger partial charge in [-0.05, 0) is 42.8 Å². The van der Waals surface area contributed by atoms with E-state index in [4.69, 9.17) is 18.9 Å². The summed E-state index contributed by atoms with van der Waals surface area (Å²) in [5, 5.41) is 0. The molecule has 0 aromatic heterocycles. The molecule has 3 aromatic rings. The molecule has 8 nitrogen and oxygen atoms in total. The highest BCUT2D eigenvalue weighted by Gasteiger charge is 2.59. The first-order chi connectivity index (χ1) is 18.4. The Morgan fingerprint density at radius 2 is 1.03 bits per heavy atom. The number of rotatable bonds is 12. The Labute approximate surface area is 220 Å². The number of ether oxygens (including phenoxy) is 4. The molecule has 3 aromatic carbocycles. The lowest BCUT2D eigenvalue weighted by Crippen LogP contribution is -2.53. The molecule has 8 heteroatoms. The van der Waals surface area contributed by atoms with Gasteiger partial charge in [-0.25, -0.2) is 19.2 Å². The minimum absolute atomic E-state index is 0.0676. The maximum atomic E-state index is 13.7. The summed E-state index contributed by atoms with van der Waals surface area (Å²) in [7, 11) is 0. The van der Waals surface area contributed by atoms with Crippen molar-refractivity contribution in [2.45, 2.75) is 26.2 Å². The predicted molar refractivity (Wildman–Crippen MR) is 138 cm³/mol. The summed E-state index contributed by atoms with van der Waals surface area (Å²) in [6, 6.07) is 23.6. The van der Waals surface area contributed by atoms with Crippen LogP contribution in [0.2, 0.25) is 0 Å². The van der Waals surface area contributed by atoms with E-state index in [1.54, 1.807) is 54.6 Å². The fourth-order valence-corrected chi connectivity index (χ4v) is 3.32. The van der Waals surface area contributed by atoms with Gasteiger partial charge in [0, 0.05) is 12.0 Å². The fourth-order valence-electron chi connectivity index (χ4n) is 3.32. The molecule has 0 amide bonds. The quantitative estimate of drug-likeness (QED) is 0.108. The van der Waals surface area contributed by atoms with E-state index in [-0.39, 0.29) is 29.4 Å². The van der Waals surface area contributed by atoms with Crippen molar-refractivity contribution in [1.29, 1.82) is 0 Å². The lowest BCUT2D eigenvalue weighted by atomic mass is 9.81. The molecular weight excluding hydrogens is 488 g/mol. The number of carbonyl (C=O) groups excluding carboxylic acids is 4. The van der Waals surface area contributed by atoms with Crippen molar-refractivity contribution in [3.63, 3.8) is 0 Å². The van der Waals surface area contributed by atoms with Crippen LogP contribution in [0.1, 0.15) is 26.2 Å². The molecule has 0 aliphatic heterocycles. The third kappa shape index (κ3) is 7.16. The lowest BCUT2D eigenvalue weighted by molar-refractivity contribution is -0.171. The van der Waals surface area contributed by atoms with Crippen LogP contribution in [-0.2, 0) is 23.9 Å². The van der Waals surface area contributed by atoms with Crippen LogP contribution >= 0.6 is 0 Å². The third-order valence-corrected chi connectivity index (χ3v) is 5.40. The minimum atomic E-state index is -2.75. The monoisotopic (exact) mass is 516 g/mol. The van der Waals surface area contributed by atoms with Gasteiger partial charge in [-0.15, -0.1) is 0 Å². The zero-order valence-electron chi connectivity index (χ0n) is 21.0. The SMILES string of the molecule is C=C(CC(C(=O)Oc1ccccc1)(C(=O)Oc1ccccc1)C(=O)Oc1ccccc1)C(=O)OCCCC. The Kier molecular flexibility index (Phi) is 9.93. The average molecular weight is 517 g/mol. The first-order valence-corrected chi connectivity index (χ1v) is 12.0. The molecule has 38 heavy (non-hydrogen) atoms. The topological polar surface area (TPSA) is 105 Å². The molecule has 3 rings (SSSR count). The second kappa shape index (κ2) is 13.5. The lowest BCUT2D eigenvalue weighted by Gasteiger charge is -2.27. The maximum Gasteiger partial charge on any atom is 0.340 e. The number of para-hydroxylation sites is 3. The molecule has 0 fully saturated rings. The van der Waals surface area contributed by atoms with Crippen molar-refractivity contribution in [2.24, 2.45) is 5.41 Å². The summed E-state index contributed by atoms with van der Waals surface area (Å²) in [6.45, 7) is 5.72. The van der Waals surface area contributed by atoms with Crippen molar-refractivity contribution in [2.75, 3.05) is 6.61 Å². The van der Waals surface area contributed by atoms with E-state index in [1.807, 2.05) is 6.92 Å². The number of carbonyl (C=O) groups is 4. The van der Waals surface area contributed by atoms with Crippen LogP contribution < -0.4 is 14.2 Å². The first-order valence-electron chi connectivity index (χ1n) is 12.0. The van der Waals surface area contributed by atoms with Crippen LogP contribution in [0.25, 0.3) is 0 Å². The maximum absolute atomic E-state index is 13.7. The van der Waals surface area contributed by atoms with E-state index in [9.17, 15) is 19.2 Å². The van der Waals surface area contributed by atoms with Crippen molar-refractivity contribution in [3.05, 3.63) is 103 Å². The summed E-state index contributed by atoms with van der Waals surface area (Å²) in [5.74, 6) is -4.56. The van der Waals surface area contributed by atoms with Crippen molar-refractivity contribution < 1.29 is 38.1 Å². The van der Waals surface area contributed by atoms with Gasteiger partial charge in [0.15, 0.2) is 0 Å². The van der Waals surface area contributed by atoms with E-state index < -0.39 is 35.7 Å². The van der Waals surface area contributed by atoms with E-state index in [0.29, 0.717) is 6.42 Å². The molecule has 0 aliphatic carbocycles. The van der Waals surface area contributed by atoms with E-state index in [1.165, 1.54) is 36.4 Å². The minimum Gasteiger partial charge on any atom is -0.462 e. The fraction of sp³-hybridized carbons (Fsp3) is 0.200. The van der Waals surface area contributed by atoms with Gasteiger partial charge in [0.1, 0.15) is 17.2 Å². The van der Waals surface area contributed by atoms with E-state index in [0.717, 1.165) is 6.42 Å². The second-order valence-corrected chi connectivity index (χ2v) is 8.28. The predicted octanol–water partition coefficient (Wildman–Crippen LogP) is 5.08. The van der Waals surface area contributed by atoms with E-state index >= 15 is 0 Å². The van der Waals surface area contributed by atoms with Gasteiger partial charge in [-0.2, -0.15) is 0 Å². The molecule has 0 unspecified atom stereocenters. The molecule has 0 atom stereocenters. The highest BCUT2D eigenvalue weighted by atomic mass is 16.6. The normalized spacial score (nSPS) is 10.7. The zero-order valence-corrected chi connectivity index (χ0v) is 21.0. The largest absolute Gasteiger partial charge is 0.462 e.